The Morgan fingerprint density at radius 2 is 0.625 bits per heavy atom. The molecule has 1 saturated heterocycles. The summed E-state index contributed by atoms with van der Waals surface area (Å²) in [6.07, 6.45) is 0. The van der Waals surface area contributed by atoms with E-state index in [1.165, 1.54) is 0 Å². The van der Waals surface area contributed by atoms with Gasteiger partial charge in [-0.3, -0.25) is 0 Å². The summed E-state index contributed by atoms with van der Waals surface area (Å²) in [5, 5.41) is 0. The SMILES string of the molecule is CO[Si](OC)(OC)[Si]1(C)[Si](C)(C)[Si](C)(C)[Si](C)(C)[Si](C)(C)[Si]1(C)C. The first-order chi connectivity index (χ1) is 10.4. The predicted octanol–water partition coefficient (Wildman–Crippen LogP) is 4.05. The van der Waals surface area contributed by atoms with E-state index in [4.69, 9.17) is 13.3 Å². The monoisotopic (exact) mass is 454 g/mol. The minimum Gasteiger partial charge on any atom is -0.380 e. The number of hydrogen-bond acceptors (Lipinski definition) is 3. The lowest BCUT2D eigenvalue weighted by Crippen LogP contribution is -3.06. The summed E-state index contributed by atoms with van der Waals surface area (Å²) in [6, 6.07) is 0. The molecule has 3 nitrogen and oxygen atoms in total. The van der Waals surface area contributed by atoms with Crippen molar-refractivity contribution in [1.82, 2.24) is 0 Å². The summed E-state index contributed by atoms with van der Waals surface area (Å²) < 4.78 is 18.9. The zero-order valence-corrected chi connectivity index (χ0v) is 25.7. The van der Waals surface area contributed by atoms with E-state index in [9.17, 15) is 0 Å². The Labute approximate surface area is 156 Å². The summed E-state index contributed by atoms with van der Waals surface area (Å²) in [5.74, 6) is 0. The van der Waals surface area contributed by atoms with Gasteiger partial charge >= 0.3 is 8.32 Å². The van der Waals surface area contributed by atoms with Crippen molar-refractivity contribution in [2.75, 3.05) is 21.3 Å². The normalized spacial score (nSPS) is 29.2. The molecule has 1 heterocycles. The predicted molar refractivity (Wildman–Crippen MR) is 126 cm³/mol. The molecule has 24 heavy (non-hydrogen) atoms. The molecule has 0 aromatic rings. The molecule has 1 fully saturated rings. The van der Waals surface area contributed by atoms with Crippen LogP contribution in [-0.4, -0.2) is 71.8 Å². The molecule has 0 amide bonds. The lowest BCUT2D eigenvalue weighted by atomic mass is 11.8. The quantitative estimate of drug-likeness (QED) is 0.600. The first-order valence-electron chi connectivity index (χ1n) is 9.09. The lowest BCUT2D eigenvalue weighted by Gasteiger charge is -2.74. The van der Waals surface area contributed by atoms with Crippen molar-refractivity contribution in [1.29, 1.82) is 0 Å². The van der Waals surface area contributed by atoms with Gasteiger partial charge in [-0.25, -0.2) is 0 Å². The highest BCUT2D eigenvalue weighted by Crippen LogP contribution is 2.54. The van der Waals surface area contributed by atoms with Gasteiger partial charge in [0.2, 0.25) is 0 Å². The van der Waals surface area contributed by atoms with Crippen LogP contribution in [0, 0.1) is 0 Å². The summed E-state index contributed by atoms with van der Waals surface area (Å²) in [4.78, 5) is 0. The second kappa shape index (κ2) is 6.20. The highest BCUT2D eigenvalue weighted by Gasteiger charge is 2.85. The molecule has 0 aromatic carbocycles. The minimum absolute atomic E-state index is 1.23. The molecular formula is C14H42O3Si7. The van der Waals surface area contributed by atoms with Gasteiger partial charge in [0.1, 0.15) is 6.63 Å². The van der Waals surface area contributed by atoms with Crippen LogP contribution in [0.5, 0.6) is 0 Å². The Balaban J connectivity index is 4.02. The van der Waals surface area contributed by atoms with E-state index < -0.39 is 50.5 Å². The highest BCUT2D eigenvalue weighted by molar-refractivity contribution is 8.19. The van der Waals surface area contributed by atoms with E-state index in [1.807, 2.05) is 21.3 Å². The third-order valence-electron chi connectivity index (χ3n) is 10.2. The molecule has 0 atom stereocenters. The summed E-state index contributed by atoms with van der Waals surface area (Å²) >= 11 is 0. The van der Waals surface area contributed by atoms with Gasteiger partial charge in [-0.15, -0.1) is 0 Å². The molecule has 0 N–H and O–H groups in total. The van der Waals surface area contributed by atoms with Gasteiger partial charge in [-0.1, -0.05) is 72.0 Å². The Kier molecular flexibility index (Phi) is 6.06. The van der Waals surface area contributed by atoms with Crippen molar-refractivity contribution in [3.8, 4) is 0 Å². The molecule has 0 radical (unpaired) electrons. The molecule has 1 rings (SSSR count). The van der Waals surface area contributed by atoms with Crippen LogP contribution in [0.1, 0.15) is 0 Å². The van der Waals surface area contributed by atoms with Gasteiger partial charge in [-0.2, -0.15) is 0 Å². The molecule has 0 aliphatic carbocycles. The second-order valence-electron chi connectivity index (χ2n) is 10.4. The van der Waals surface area contributed by atoms with E-state index in [1.54, 1.807) is 0 Å². The molecule has 0 bridgehead atoms. The van der Waals surface area contributed by atoms with Crippen LogP contribution < -0.4 is 0 Å². The van der Waals surface area contributed by atoms with Crippen LogP contribution >= 0.6 is 0 Å². The zero-order valence-electron chi connectivity index (χ0n) is 18.7. The van der Waals surface area contributed by atoms with Gasteiger partial charge in [0.05, 0.1) is 0 Å². The van der Waals surface area contributed by atoms with Crippen molar-refractivity contribution in [3.63, 3.8) is 0 Å². The second-order valence-corrected chi connectivity index (χ2v) is 91.6. The Hall–Kier alpha value is 1.40. The molecule has 10 heteroatoms. The maximum absolute atomic E-state index is 6.29. The summed E-state index contributed by atoms with van der Waals surface area (Å²) in [7, 11) is -3.91. The molecule has 144 valence electrons. The molecular weight excluding hydrogens is 413 g/mol. The Morgan fingerprint density at radius 3 is 0.833 bits per heavy atom. The average Bonchev–Trinajstić information content (AvgIpc) is 2.47. The molecule has 0 saturated carbocycles. The topological polar surface area (TPSA) is 27.7 Å². The van der Waals surface area contributed by atoms with E-state index in [2.05, 4.69) is 72.0 Å². The maximum atomic E-state index is 6.29. The van der Waals surface area contributed by atoms with E-state index in [0.717, 1.165) is 0 Å². The van der Waals surface area contributed by atoms with Gasteiger partial charge in [0.15, 0.2) is 0 Å². The fourth-order valence-electron chi connectivity index (χ4n) is 6.00. The fraction of sp³-hybridized carbons (Fsp3) is 1.00. The number of rotatable bonds is 4. The third-order valence-corrected chi connectivity index (χ3v) is 189. The van der Waals surface area contributed by atoms with Gasteiger partial charge < -0.3 is 13.3 Å². The van der Waals surface area contributed by atoms with Crippen molar-refractivity contribution in [2.45, 2.75) is 72.0 Å². The van der Waals surface area contributed by atoms with Gasteiger partial charge in [0, 0.05) is 56.9 Å². The molecule has 1 aliphatic rings. The Morgan fingerprint density at radius 1 is 0.417 bits per heavy atom. The summed E-state index contributed by atoms with van der Waals surface area (Å²) in [5.41, 5.74) is 0. The van der Waals surface area contributed by atoms with Crippen LogP contribution in [0.2, 0.25) is 72.0 Å². The van der Waals surface area contributed by atoms with Crippen LogP contribution in [-0.2, 0) is 13.3 Å². The van der Waals surface area contributed by atoms with Gasteiger partial charge in [-0.05, 0) is 0 Å². The fourth-order valence-corrected chi connectivity index (χ4v) is 301. The standard InChI is InChI=1S/C14H42O3Si7/c1-15-24(16-2,17-3)23(14)21(10,11)19(6,7)18(4,5)20(8,9)22(23,12)13/h1-14H3. The van der Waals surface area contributed by atoms with Crippen LogP contribution in [0.15, 0.2) is 0 Å². The van der Waals surface area contributed by atoms with Crippen LogP contribution in [0.4, 0.5) is 0 Å². The summed E-state index contributed by atoms with van der Waals surface area (Å²) in [6.45, 7) is 28.4. The number of hydrogen-bond donors (Lipinski definition) is 0. The van der Waals surface area contributed by atoms with Crippen LogP contribution in [0.25, 0.3) is 0 Å². The van der Waals surface area contributed by atoms with Crippen molar-refractivity contribution >= 4 is 50.5 Å². The zero-order chi connectivity index (χ0) is 19.6. The molecule has 1 aliphatic heterocycles. The average molecular weight is 455 g/mol. The van der Waals surface area contributed by atoms with E-state index in [-0.39, 0.29) is 0 Å². The Bertz CT molecular complexity index is 460. The van der Waals surface area contributed by atoms with Crippen molar-refractivity contribution < 1.29 is 13.3 Å². The van der Waals surface area contributed by atoms with E-state index >= 15 is 0 Å². The maximum Gasteiger partial charge on any atom is 0.463 e. The smallest absolute Gasteiger partial charge is 0.380 e. The largest absolute Gasteiger partial charge is 0.463 e. The molecule has 0 spiro atoms. The molecule has 0 unspecified atom stereocenters. The first kappa shape index (κ1) is 23.4. The molecule has 0 aromatic heterocycles. The minimum atomic E-state index is -2.60. The highest BCUT2D eigenvalue weighted by atomic mass is 30.3. The lowest BCUT2D eigenvalue weighted by molar-refractivity contribution is 0.147. The van der Waals surface area contributed by atoms with E-state index in [0.29, 0.717) is 0 Å². The van der Waals surface area contributed by atoms with Crippen molar-refractivity contribution in [3.05, 3.63) is 0 Å². The third kappa shape index (κ3) is 2.18. The first-order valence-corrected chi connectivity index (χ1v) is 35.3. The van der Waals surface area contributed by atoms with Gasteiger partial charge in [0.25, 0.3) is 0 Å². The van der Waals surface area contributed by atoms with Crippen LogP contribution in [0.3, 0.4) is 0 Å². The van der Waals surface area contributed by atoms with Crippen molar-refractivity contribution in [2.24, 2.45) is 0 Å².